The summed E-state index contributed by atoms with van der Waals surface area (Å²) < 4.78 is 14.7. The first-order valence-corrected chi connectivity index (χ1v) is 5.67. The molecule has 2 aromatic heterocycles. The number of benzene rings is 1. The molecule has 0 spiro atoms. The Balaban J connectivity index is 2.42. The molecule has 6 nitrogen and oxygen atoms in total. The number of imidazole rings is 1. The van der Waals surface area contributed by atoms with Gasteiger partial charge in [-0.2, -0.15) is 8.96 Å². The van der Waals surface area contributed by atoms with Gasteiger partial charge in [-0.3, -0.25) is 4.57 Å². The summed E-state index contributed by atoms with van der Waals surface area (Å²) in [6, 6.07) is 8.92. The SMILES string of the molecule is O=C(O)n1c(=O)n(-c2ccc(F)nc2)c2ccccc21. The van der Waals surface area contributed by atoms with Gasteiger partial charge in [-0.15, -0.1) is 0 Å². The molecule has 2 heterocycles. The smallest absolute Gasteiger partial charge is 0.420 e. The van der Waals surface area contributed by atoms with Gasteiger partial charge in [-0.05, 0) is 24.3 Å². The van der Waals surface area contributed by atoms with Gasteiger partial charge in [0.1, 0.15) is 0 Å². The highest BCUT2D eigenvalue weighted by molar-refractivity contribution is 5.87. The predicted molar refractivity (Wildman–Crippen MR) is 68.7 cm³/mol. The van der Waals surface area contributed by atoms with E-state index in [1.807, 2.05) is 0 Å². The molecule has 0 bridgehead atoms. The fourth-order valence-corrected chi connectivity index (χ4v) is 2.08. The molecule has 3 rings (SSSR count). The fraction of sp³-hybridized carbons (Fsp3) is 0. The number of halogens is 1. The van der Waals surface area contributed by atoms with Gasteiger partial charge in [0.2, 0.25) is 5.95 Å². The molecule has 0 radical (unpaired) electrons. The lowest BCUT2D eigenvalue weighted by Crippen LogP contribution is -2.27. The number of aromatic nitrogens is 3. The van der Waals surface area contributed by atoms with E-state index in [-0.39, 0.29) is 5.52 Å². The molecule has 0 fully saturated rings. The third-order valence-electron chi connectivity index (χ3n) is 2.91. The van der Waals surface area contributed by atoms with E-state index in [0.717, 1.165) is 6.07 Å². The Bertz CT molecular complexity index is 865. The second-order valence-corrected chi connectivity index (χ2v) is 4.06. The van der Waals surface area contributed by atoms with Crippen molar-refractivity contribution in [3.8, 4) is 5.69 Å². The molecule has 0 aliphatic carbocycles. The molecular weight excluding hydrogens is 265 g/mol. The summed E-state index contributed by atoms with van der Waals surface area (Å²) in [6.07, 6.45) is -0.199. The Morgan fingerprint density at radius 2 is 1.85 bits per heavy atom. The van der Waals surface area contributed by atoms with E-state index in [4.69, 9.17) is 5.11 Å². The first-order valence-electron chi connectivity index (χ1n) is 5.67. The first-order chi connectivity index (χ1) is 9.59. The molecule has 1 aromatic carbocycles. The van der Waals surface area contributed by atoms with Crippen molar-refractivity contribution in [3.05, 3.63) is 59.0 Å². The quantitative estimate of drug-likeness (QED) is 0.686. The maximum atomic E-state index is 12.9. The Morgan fingerprint density at radius 1 is 1.15 bits per heavy atom. The summed E-state index contributed by atoms with van der Waals surface area (Å²) in [5.74, 6) is -0.677. The molecule has 0 saturated heterocycles. The van der Waals surface area contributed by atoms with E-state index in [1.165, 1.54) is 22.9 Å². The number of para-hydroxylation sites is 2. The number of carbonyl (C=O) groups is 1. The molecule has 100 valence electrons. The molecule has 20 heavy (non-hydrogen) atoms. The van der Waals surface area contributed by atoms with Crippen LogP contribution in [0.5, 0.6) is 0 Å². The third-order valence-corrected chi connectivity index (χ3v) is 2.91. The third kappa shape index (κ3) is 1.68. The van der Waals surface area contributed by atoms with Gasteiger partial charge in [0, 0.05) is 0 Å². The first kappa shape index (κ1) is 12.1. The van der Waals surface area contributed by atoms with Crippen LogP contribution in [0.25, 0.3) is 16.7 Å². The van der Waals surface area contributed by atoms with Crippen molar-refractivity contribution in [3.63, 3.8) is 0 Å². The molecule has 3 aromatic rings. The van der Waals surface area contributed by atoms with E-state index in [1.54, 1.807) is 18.2 Å². The zero-order chi connectivity index (χ0) is 14.3. The predicted octanol–water partition coefficient (Wildman–Crippen LogP) is 1.85. The van der Waals surface area contributed by atoms with Crippen molar-refractivity contribution in [2.75, 3.05) is 0 Å². The zero-order valence-corrected chi connectivity index (χ0v) is 10.0. The largest absolute Gasteiger partial charge is 0.464 e. The molecule has 7 heteroatoms. The molecule has 1 N–H and O–H groups in total. The number of hydrogen-bond donors (Lipinski definition) is 1. The van der Waals surface area contributed by atoms with Crippen LogP contribution in [0.4, 0.5) is 9.18 Å². The Kier molecular flexibility index (Phi) is 2.60. The van der Waals surface area contributed by atoms with E-state index in [9.17, 15) is 14.0 Å². The van der Waals surface area contributed by atoms with Gasteiger partial charge in [0.25, 0.3) is 0 Å². The fourth-order valence-electron chi connectivity index (χ4n) is 2.08. The molecule has 0 saturated carbocycles. The average molecular weight is 273 g/mol. The maximum Gasteiger partial charge on any atom is 0.420 e. The highest BCUT2D eigenvalue weighted by Crippen LogP contribution is 2.16. The summed E-state index contributed by atoms with van der Waals surface area (Å²) >= 11 is 0. The van der Waals surface area contributed by atoms with Gasteiger partial charge >= 0.3 is 11.8 Å². The summed E-state index contributed by atoms with van der Waals surface area (Å²) in [7, 11) is 0. The van der Waals surface area contributed by atoms with Crippen molar-refractivity contribution in [1.29, 1.82) is 0 Å². The summed E-state index contributed by atoms with van der Waals surface area (Å²) in [5.41, 5.74) is 0.224. The number of hydrogen-bond acceptors (Lipinski definition) is 3. The summed E-state index contributed by atoms with van der Waals surface area (Å²) in [5, 5.41) is 9.14. The standard InChI is InChI=1S/C13H8FN3O3/c14-11-6-5-8(7-15-11)16-9-3-1-2-4-10(9)17(12(16)18)13(19)20/h1-7H,(H,19,20). The molecule has 0 aliphatic rings. The minimum Gasteiger partial charge on any atom is -0.464 e. The van der Waals surface area contributed by atoms with Gasteiger partial charge in [-0.25, -0.2) is 14.6 Å². The van der Waals surface area contributed by atoms with Crippen molar-refractivity contribution in [1.82, 2.24) is 14.1 Å². The van der Waals surface area contributed by atoms with Gasteiger partial charge in [0.05, 0.1) is 22.9 Å². The van der Waals surface area contributed by atoms with Gasteiger partial charge in [0.15, 0.2) is 0 Å². The molecule has 0 aliphatic heterocycles. The second-order valence-electron chi connectivity index (χ2n) is 4.06. The van der Waals surface area contributed by atoms with Crippen LogP contribution in [0, 0.1) is 5.95 Å². The van der Waals surface area contributed by atoms with Crippen LogP contribution in [-0.2, 0) is 0 Å². The number of rotatable bonds is 1. The van der Waals surface area contributed by atoms with Gasteiger partial charge < -0.3 is 5.11 Å². The van der Waals surface area contributed by atoms with Crippen molar-refractivity contribution in [2.24, 2.45) is 0 Å². The lowest BCUT2D eigenvalue weighted by Gasteiger charge is -2.01. The van der Waals surface area contributed by atoms with Crippen LogP contribution in [-0.4, -0.2) is 25.3 Å². The zero-order valence-electron chi connectivity index (χ0n) is 10.0. The summed E-state index contributed by atoms with van der Waals surface area (Å²) in [4.78, 5) is 26.9. The number of carboxylic acid groups (broad SMARTS) is 1. The molecular formula is C13H8FN3O3. The molecule has 0 atom stereocenters. The van der Waals surface area contributed by atoms with Crippen molar-refractivity contribution >= 4 is 17.1 Å². The Hall–Kier alpha value is -2.96. The topological polar surface area (TPSA) is 77.1 Å². The monoisotopic (exact) mass is 273 g/mol. The normalized spacial score (nSPS) is 10.8. The minimum absolute atomic E-state index is 0.259. The maximum absolute atomic E-state index is 12.9. The van der Waals surface area contributed by atoms with Crippen molar-refractivity contribution < 1.29 is 14.3 Å². The van der Waals surface area contributed by atoms with E-state index < -0.39 is 17.7 Å². The Morgan fingerprint density at radius 3 is 2.45 bits per heavy atom. The lowest BCUT2D eigenvalue weighted by molar-refractivity contribution is 0.196. The number of fused-ring (bicyclic) bond motifs is 1. The second kappa shape index (κ2) is 4.30. The minimum atomic E-state index is -1.37. The van der Waals surface area contributed by atoms with E-state index in [2.05, 4.69) is 4.98 Å². The van der Waals surface area contributed by atoms with Crippen molar-refractivity contribution in [2.45, 2.75) is 0 Å². The van der Waals surface area contributed by atoms with Gasteiger partial charge in [-0.1, -0.05) is 12.1 Å². The highest BCUT2D eigenvalue weighted by Gasteiger charge is 2.18. The van der Waals surface area contributed by atoms with E-state index in [0.29, 0.717) is 15.8 Å². The van der Waals surface area contributed by atoms with Crippen LogP contribution in [0.3, 0.4) is 0 Å². The average Bonchev–Trinajstić information content (AvgIpc) is 2.72. The lowest BCUT2D eigenvalue weighted by atomic mass is 10.3. The highest BCUT2D eigenvalue weighted by atomic mass is 19.1. The summed E-state index contributed by atoms with van der Waals surface area (Å²) in [6.45, 7) is 0. The number of nitrogens with zero attached hydrogens (tertiary/aromatic N) is 3. The van der Waals surface area contributed by atoms with Crippen LogP contribution in [0.1, 0.15) is 0 Å². The van der Waals surface area contributed by atoms with E-state index >= 15 is 0 Å². The van der Waals surface area contributed by atoms with Crippen LogP contribution >= 0.6 is 0 Å². The molecule has 0 unspecified atom stereocenters. The molecule has 0 amide bonds. The van der Waals surface area contributed by atoms with Crippen LogP contribution < -0.4 is 5.69 Å². The van der Waals surface area contributed by atoms with Crippen LogP contribution in [0.2, 0.25) is 0 Å². The van der Waals surface area contributed by atoms with Crippen LogP contribution in [0.15, 0.2) is 47.4 Å². The number of pyridine rings is 1. The Labute approximate surface area is 111 Å².